The summed E-state index contributed by atoms with van der Waals surface area (Å²) in [7, 11) is 0. The topological polar surface area (TPSA) is 75.4 Å². The zero-order valence-corrected chi connectivity index (χ0v) is 12.9. The number of carbonyl (C=O) groups excluding carboxylic acids is 1. The summed E-state index contributed by atoms with van der Waals surface area (Å²) in [6.45, 7) is 1.47. The molecule has 0 saturated carbocycles. The third-order valence-corrected chi connectivity index (χ3v) is 3.94. The van der Waals surface area contributed by atoms with Crippen molar-refractivity contribution in [1.82, 2.24) is 4.98 Å². The number of phenols is 1. The number of nitrogens with zero attached hydrogens (tertiary/aromatic N) is 1. The van der Waals surface area contributed by atoms with Crippen molar-refractivity contribution in [2.75, 3.05) is 5.32 Å². The minimum atomic E-state index is -0.160. The molecule has 0 aliphatic heterocycles. The molecule has 0 radical (unpaired) electrons. The Bertz CT molecular complexity index is 1080. The minimum Gasteiger partial charge on any atom is -0.507 e. The highest BCUT2D eigenvalue weighted by molar-refractivity contribution is 6.07. The first-order valence-electron chi connectivity index (χ1n) is 7.50. The SMILES string of the molecule is CC(=O)c1oc2cnccc2c1Nc1ccc2c(O)cccc2c1. The average Bonchev–Trinajstić information content (AvgIpc) is 2.94. The maximum Gasteiger partial charge on any atom is 0.197 e. The predicted octanol–water partition coefficient (Wildman–Crippen LogP) is 4.63. The molecule has 0 unspecified atom stereocenters. The first kappa shape index (κ1) is 14.3. The van der Waals surface area contributed by atoms with E-state index in [1.165, 1.54) is 6.92 Å². The van der Waals surface area contributed by atoms with Crippen molar-refractivity contribution in [2.24, 2.45) is 0 Å². The first-order valence-corrected chi connectivity index (χ1v) is 7.50. The van der Waals surface area contributed by atoms with Gasteiger partial charge in [-0.05, 0) is 35.7 Å². The summed E-state index contributed by atoms with van der Waals surface area (Å²) in [5.41, 5.74) is 1.98. The van der Waals surface area contributed by atoms with Crippen LogP contribution in [0.1, 0.15) is 17.5 Å². The van der Waals surface area contributed by atoms with Crippen molar-refractivity contribution in [3.63, 3.8) is 0 Å². The summed E-state index contributed by atoms with van der Waals surface area (Å²) >= 11 is 0. The molecule has 4 aromatic rings. The molecule has 0 aliphatic carbocycles. The second-order valence-electron chi connectivity index (χ2n) is 5.57. The van der Waals surface area contributed by atoms with Crippen LogP contribution in [0.4, 0.5) is 11.4 Å². The van der Waals surface area contributed by atoms with Gasteiger partial charge in [0.2, 0.25) is 0 Å². The fraction of sp³-hybridized carbons (Fsp3) is 0.0526. The summed E-state index contributed by atoms with van der Waals surface area (Å²) in [6, 6.07) is 12.8. The Morgan fingerprint density at radius 2 is 2.04 bits per heavy atom. The molecule has 0 bridgehead atoms. The van der Waals surface area contributed by atoms with Crippen LogP contribution in [0.3, 0.4) is 0 Å². The van der Waals surface area contributed by atoms with Crippen LogP contribution in [-0.2, 0) is 0 Å². The molecule has 5 nitrogen and oxygen atoms in total. The van der Waals surface area contributed by atoms with Gasteiger partial charge in [-0.3, -0.25) is 9.78 Å². The molecular formula is C19H14N2O3. The number of phenolic OH excluding ortho intramolecular Hbond substituents is 1. The van der Waals surface area contributed by atoms with E-state index in [1.807, 2.05) is 24.3 Å². The van der Waals surface area contributed by atoms with Crippen LogP contribution in [0.5, 0.6) is 5.75 Å². The van der Waals surface area contributed by atoms with E-state index in [1.54, 1.807) is 30.6 Å². The van der Waals surface area contributed by atoms with Crippen LogP contribution in [-0.4, -0.2) is 15.9 Å². The van der Waals surface area contributed by atoms with Gasteiger partial charge in [-0.1, -0.05) is 12.1 Å². The lowest BCUT2D eigenvalue weighted by atomic mass is 10.1. The largest absolute Gasteiger partial charge is 0.507 e. The summed E-state index contributed by atoms with van der Waals surface area (Å²) in [6.07, 6.45) is 3.25. The quantitative estimate of drug-likeness (QED) is 0.538. The normalized spacial score (nSPS) is 11.0. The molecule has 0 atom stereocenters. The average molecular weight is 318 g/mol. The van der Waals surface area contributed by atoms with E-state index in [4.69, 9.17) is 4.42 Å². The lowest BCUT2D eigenvalue weighted by molar-refractivity contribution is 0.0990. The maximum atomic E-state index is 11.9. The number of aromatic hydroxyl groups is 1. The van der Waals surface area contributed by atoms with Crippen LogP contribution in [0.15, 0.2) is 59.3 Å². The van der Waals surface area contributed by atoms with Gasteiger partial charge in [0.1, 0.15) is 5.75 Å². The van der Waals surface area contributed by atoms with E-state index in [9.17, 15) is 9.90 Å². The van der Waals surface area contributed by atoms with Crippen molar-refractivity contribution in [3.8, 4) is 5.75 Å². The van der Waals surface area contributed by atoms with E-state index in [-0.39, 0.29) is 17.3 Å². The highest BCUT2D eigenvalue weighted by Gasteiger charge is 2.18. The summed E-state index contributed by atoms with van der Waals surface area (Å²) in [5, 5.41) is 15.6. The van der Waals surface area contributed by atoms with Crippen LogP contribution >= 0.6 is 0 Å². The first-order chi connectivity index (χ1) is 11.6. The van der Waals surface area contributed by atoms with Crippen LogP contribution in [0.25, 0.3) is 21.7 Å². The van der Waals surface area contributed by atoms with Gasteiger partial charge in [-0.15, -0.1) is 0 Å². The van der Waals surface area contributed by atoms with Crippen molar-refractivity contribution >= 4 is 38.9 Å². The second kappa shape index (κ2) is 5.38. The lowest BCUT2D eigenvalue weighted by Gasteiger charge is -2.08. The zero-order chi connectivity index (χ0) is 16.7. The van der Waals surface area contributed by atoms with Gasteiger partial charge in [0.05, 0.1) is 11.9 Å². The molecule has 2 N–H and O–H groups in total. The van der Waals surface area contributed by atoms with Crippen LogP contribution in [0, 0.1) is 0 Å². The van der Waals surface area contributed by atoms with E-state index < -0.39 is 0 Å². The third-order valence-electron chi connectivity index (χ3n) is 3.94. The second-order valence-corrected chi connectivity index (χ2v) is 5.57. The van der Waals surface area contributed by atoms with E-state index in [2.05, 4.69) is 10.3 Å². The van der Waals surface area contributed by atoms with Crippen molar-refractivity contribution in [3.05, 3.63) is 60.6 Å². The van der Waals surface area contributed by atoms with Crippen LogP contribution < -0.4 is 5.32 Å². The molecule has 2 aromatic heterocycles. The van der Waals surface area contributed by atoms with Crippen LogP contribution in [0.2, 0.25) is 0 Å². The van der Waals surface area contributed by atoms with Gasteiger partial charge in [0, 0.05) is 29.6 Å². The molecule has 4 rings (SSSR count). The number of hydrogen-bond donors (Lipinski definition) is 2. The molecular weight excluding hydrogens is 304 g/mol. The Morgan fingerprint density at radius 3 is 2.88 bits per heavy atom. The maximum absolute atomic E-state index is 11.9. The fourth-order valence-electron chi connectivity index (χ4n) is 2.81. The Labute approximate surface area is 137 Å². The number of anilines is 2. The van der Waals surface area contributed by atoms with Gasteiger partial charge < -0.3 is 14.8 Å². The summed E-state index contributed by atoms with van der Waals surface area (Å²) in [5.74, 6) is 0.351. The van der Waals surface area contributed by atoms with E-state index in [0.717, 1.165) is 21.8 Å². The standard InChI is InChI=1S/C19H14N2O3/c1-11(22)19-18(15-7-8-20-10-17(15)24-19)21-13-5-6-14-12(9-13)3-2-4-16(14)23/h2-10,21,23H,1H3. The Kier molecular flexibility index (Phi) is 3.20. The van der Waals surface area contributed by atoms with Gasteiger partial charge in [-0.2, -0.15) is 0 Å². The molecule has 0 spiro atoms. The van der Waals surface area contributed by atoms with Crippen molar-refractivity contribution in [2.45, 2.75) is 6.92 Å². The van der Waals surface area contributed by atoms with Crippen molar-refractivity contribution in [1.29, 1.82) is 0 Å². The number of furan rings is 1. The molecule has 5 heteroatoms. The monoisotopic (exact) mass is 318 g/mol. The zero-order valence-electron chi connectivity index (χ0n) is 12.9. The lowest BCUT2D eigenvalue weighted by Crippen LogP contribution is -1.97. The number of ketones is 1. The number of benzene rings is 2. The summed E-state index contributed by atoms with van der Waals surface area (Å²) in [4.78, 5) is 15.9. The Balaban J connectivity index is 1.84. The number of hydrogen-bond acceptors (Lipinski definition) is 5. The molecule has 0 aliphatic rings. The molecule has 2 aromatic carbocycles. The van der Waals surface area contributed by atoms with Gasteiger partial charge in [-0.25, -0.2) is 0 Å². The number of aromatic nitrogens is 1. The highest BCUT2D eigenvalue weighted by atomic mass is 16.3. The predicted molar refractivity (Wildman–Crippen MR) is 92.9 cm³/mol. The van der Waals surface area contributed by atoms with Gasteiger partial charge in [0.15, 0.2) is 17.1 Å². The number of nitrogens with one attached hydrogen (secondary N) is 1. The van der Waals surface area contributed by atoms with Crippen molar-refractivity contribution < 1.29 is 14.3 Å². The van der Waals surface area contributed by atoms with E-state index in [0.29, 0.717) is 11.3 Å². The Morgan fingerprint density at radius 1 is 1.17 bits per heavy atom. The number of Topliss-reactive ketones (excluding diaryl/α,β-unsaturated/α-hetero) is 1. The molecule has 0 fully saturated rings. The molecule has 0 amide bonds. The Hall–Kier alpha value is -3.34. The number of carbonyl (C=O) groups is 1. The molecule has 0 saturated heterocycles. The molecule has 118 valence electrons. The van der Waals surface area contributed by atoms with E-state index >= 15 is 0 Å². The molecule has 24 heavy (non-hydrogen) atoms. The highest BCUT2D eigenvalue weighted by Crippen LogP contribution is 2.34. The smallest absolute Gasteiger partial charge is 0.197 e. The summed E-state index contributed by atoms with van der Waals surface area (Å²) < 4.78 is 5.62. The number of rotatable bonds is 3. The molecule has 2 heterocycles. The van der Waals surface area contributed by atoms with Gasteiger partial charge >= 0.3 is 0 Å². The fourth-order valence-corrected chi connectivity index (χ4v) is 2.81. The number of fused-ring (bicyclic) bond motifs is 2. The van der Waals surface area contributed by atoms with Gasteiger partial charge in [0.25, 0.3) is 0 Å². The third kappa shape index (κ3) is 2.27. The minimum absolute atomic E-state index is 0.160. The number of pyridine rings is 1.